The molecule has 0 saturated heterocycles. The van der Waals surface area contributed by atoms with Crippen molar-refractivity contribution >= 4 is 34.7 Å². The van der Waals surface area contributed by atoms with Crippen LogP contribution >= 0.6 is 11.8 Å². The number of carbonyl (C=O) groups excluding carboxylic acids is 1. The summed E-state index contributed by atoms with van der Waals surface area (Å²) < 4.78 is 39.2. The van der Waals surface area contributed by atoms with Crippen LogP contribution in [0.5, 0.6) is 0 Å². The van der Waals surface area contributed by atoms with Crippen molar-refractivity contribution < 1.29 is 33.3 Å². The standard InChI is InChI=1S/C24H28F2N6O3S.C3H8O2/c1-3-8-36-24-28-22(27-19-11-16(19)13-4-7-17(25)18(26)9-13)21-23(29-24)32(31-30-21)14-5-6-15(10-14)35-12-20(33)34-2;1-3(2,4)5/h4,7,9,14-16,19H,3,5-6,8,10-12H2,1-2H3,(H,27,28,29);4-5H,1-2H3/t14?,15?,16?,19-;/m1./s1. The molecule has 2 fully saturated rings. The largest absolute Gasteiger partial charge is 0.467 e. The van der Waals surface area contributed by atoms with Gasteiger partial charge in [0, 0.05) is 17.7 Å². The van der Waals surface area contributed by atoms with Crippen LogP contribution in [0.1, 0.15) is 70.4 Å². The van der Waals surface area contributed by atoms with Gasteiger partial charge in [0.2, 0.25) is 0 Å². The number of aliphatic hydroxyl groups is 2. The Labute approximate surface area is 241 Å². The number of methoxy groups -OCH3 is 1. The van der Waals surface area contributed by atoms with Gasteiger partial charge in [0.05, 0.1) is 19.3 Å². The molecule has 2 aliphatic carbocycles. The van der Waals surface area contributed by atoms with E-state index in [0.29, 0.717) is 28.6 Å². The Hall–Kier alpha value is -2.94. The number of halogens is 2. The van der Waals surface area contributed by atoms with Gasteiger partial charge in [-0.15, -0.1) is 5.10 Å². The van der Waals surface area contributed by atoms with Crippen LogP contribution in [0.3, 0.4) is 0 Å². The molecule has 3 unspecified atom stereocenters. The van der Waals surface area contributed by atoms with E-state index in [0.717, 1.165) is 43.1 Å². The lowest BCUT2D eigenvalue weighted by Crippen LogP contribution is -2.18. The molecule has 5 rings (SSSR count). The molecule has 2 aliphatic rings. The van der Waals surface area contributed by atoms with Gasteiger partial charge in [0.15, 0.2) is 39.6 Å². The highest BCUT2D eigenvalue weighted by atomic mass is 32.2. The normalized spacial score (nSPS) is 21.9. The van der Waals surface area contributed by atoms with Crippen molar-refractivity contribution in [3.63, 3.8) is 0 Å². The summed E-state index contributed by atoms with van der Waals surface area (Å²) in [6, 6.07) is 4.12. The summed E-state index contributed by atoms with van der Waals surface area (Å²) in [6.07, 6.45) is 4.02. The summed E-state index contributed by atoms with van der Waals surface area (Å²) >= 11 is 1.57. The summed E-state index contributed by atoms with van der Waals surface area (Å²) in [4.78, 5) is 20.9. The number of esters is 1. The van der Waals surface area contributed by atoms with E-state index < -0.39 is 23.4 Å². The molecule has 1 aromatic carbocycles. The SMILES string of the molecule is CC(C)(O)O.CCCSc1nc(N[C@@H]2CC2c2ccc(F)c(F)c2)c2nnn(C3CCC(OCC(=O)OC)C3)c2n1. The molecule has 3 aromatic rings. The molecule has 0 aliphatic heterocycles. The lowest BCUT2D eigenvalue weighted by atomic mass is 10.1. The minimum Gasteiger partial charge on any atom is -0.467 e. The first-order chi connectivity index (χ1) is 19.5. The van der Waals surface area contributed by atoms with Gasteiger partial charge in [0.25, 0.3) is 0 Å². The Kier molecular flexibility index (Phi) is 10.1. The number of fused-ring (bicyclic) bond motifs is 1. The summed E-state index contributed by atoms with van der Waals surface area (Å²) in [6.45, 7) is 4.63. The first kappa shape index (κ1) is 31.0. The second-order valence-electron chi connectivity index (χ2n) is 10.6. The second-order valence-corrected chi connectivity index (χ2v) is 11.7. The van der Waals surface area contributed by atoms with Crippen LogP contribution in [0.2, 0.25) is 0 Å². The number of carbonyl (C=O) groups is 1. The average molecular weight is 595 g/mol. The van der Waals surface area contributed by atoms with E-state index in [1.165, 1.54) is 27.0 Å². The molecular formula is C27H36F2N6O5S. The molecule has 41 heavy (non-hydrogen) atoms. The zero-order valence-electron chi connectivity index (χ0n) is 23.5. The van der Waals surface area contributed by atoms with E-state index in [2.05, 4.69) is 27.3 Å². The molecule has 3 N–H and O–H groups in total. The van der Waals surface area contributed by atoms with E-state index >= 15 is 0 Å². The average Bonchev–Trinajstić information content (AvgIpc) is 3.30. The fourth-order valence-corrected chi connectivity index (χ4v) is 5.29. The first-order valence-electron chi connectivity index (χ1n) is 13.6. The number of rotatable bonds is 10. The summed E-state index contributed by atoms with van der Waals surface area (Å²) in [7, 11) is 1.34. The van der Waals surface area contributed by atoms with Gasteiger partial charge in [-0.25, -0.2) is 28.2 Å². The molecule has 224 valence electrons. The third-order valence-corrected chi connectivity index (χ3v) is 7.64. The van der Waals surface area contributed by atoms with Crippen LogP contribution in [-0.2, 0) is 14.3 Å². The maximum absolute atomic E-state index is 13.7. The fourth-order valence-electron chi connectivity index (χ4n) is 4.59. The Morgan fingerprint density at radius 2 is 1.95 bits per heavy atom. The van der Waals surface area contributed by atoms with Crippen molar-refractivity contribution in [3.8, 4) is 0 Å². The van der Waals surface area contributed by atoms with Gasteiger partial charge in [-0.3, -0.25) is 0 Å². The van der Waals surface area contributed by atoms with Gasteiger partial charge >= 0.3 is 5.97 Å². The predicted octanol–water partition coefficient (Wildman–Crippen LogP) is 3.96. The van der Waals surface area contributed by atoms with Crippen LogP contribution in [0.4, 0.5) is 14.6 Å². The van der Waals surface area contributed by atoms with Crippen LogP contribution in [-0.4, -0.2) is 78.5 Å². The Bertz CT molecular complexity index is 1350. The molecule has 0 radical (unpaired) electrons. The van der Waals surface area contributed by atoms with Crippen molar-refractivity contribution in [3.05, 3.63) is 35.4 Å². The molecule has 2 saturated carbocycles. The highest BCUT2D eigenvalue weighted by Crippen LogP contribution is 2.44. The lowest BCUT2D eigenvalue weighted by molar-refractivity contribution is -0.147. The second kappa shape index (κ2) is 13.4. The Balaban J connectivity index is 0.000000714. The quantitative estimate of drug-likeness (QED) is 0.136. The number of hydrogen-bond acceptors (Lipinski definition) is 11. The van der Waals surface area contributed by atoms with Gasteiger partial charge < -0.3 is 25.0 Å². The van der Waals surface area contributed by atoms with E-state index in [9.17, 15) is 13.6 Å². The third-order valence-electron chi connectivity index (χ3n) is 6.59. The minimum absolute atomic E-state index is 0.0321. The topological polar surface area (TPSA) is 145 Å². The van der Waals surface area contributed by atoms with Crippen molar-refractivity contribution in [2.75, 3.05) is 24.8 Å². The van der Waals surface area contributed by atoms with Crippen molar-refractivity contribution in [2.24, 2.45) is 0 Å². The molecule has 0 amide bonds. The summed E-state index contributed by atoms with van der Waals surface area (Å²) in [5, 5.41) is 29.0. The zero-order chi connectivity index (χ0) is 29.7. The number of benzene rings is 1. The monoisotopic (exact) mass is 594 g/mol. The van der Waals surface area contributed by atoms with Crippen molar-refractivity contribution in [2.45, 2.75) is 87.9 Å². The summed E-state index contributed by atoms with van der Waals surface area (Å²) in [5.74, 6) is -2.05. The predicted molar refractivity (Wildman–Crippen MR) is 148 cm³/mol. The molecule has 11 nitrogen and oxygen atoms in total. The Morgan fingerprint density at radius 3 is 2.63 bits per heavy atom. The van der Waals surface area contributed by atoms with E-state index in [1.54, 1.807) is 17.8 Å². The fraction of sp³-hybridized carbons (Fsp3) is 0.593. The summed E-state index contributed by atoms with van der Waals surface area (Å²) in [5.41, 5.74) is 1.98. The molecule has 14 heteroatoms. The number of nitrogens with one attached hydrogen (secondary N) is 1. The molecule has 4 atom stereocenters. The van der Waals surface area contributed by atoms with Crippen LogP contribution in [0, 0.1) is 11.6 Å². The van der Waals surface area contributed by atoms with Crippen LogP contribution < -0.4 is 5.32 Å². The molecule has 2 heterocycles. The highest BCUT2D eigenvalue weighted by Gasteiger charge is 2.40. The van der Waals surface area contributed by atoms with E-state index in [-0.39, 0.29) is 30.7 Å². The lowest BCUT2D eigenvalue weighted by Gasteiger charge is -2.13. The van der Waals surface area contributed by atoms with E-state index in [4.69, 9.17) is 24.9 Å². The van der Waals surface area contributed by atoms with Crippen LogP contribution in [0.15, 0.2) is 23.4 Å². The first-order valence-corrected chi connectivity index (χ1v) is 14.6. The van der Waals surface area contributed by atoms with Crippen LogP contribution in [0.25, 0.3) is 11.2 Å². The maximum atomic E-state index is 13.7. The number of thioether (sulfide) groups is 1. The smallest absolute Gasteiger partial charge is 0.331 e. The zero-order valence-corrected chi connectivity index (χ0v) is 24.3. The molecule has 2 aromatic heterocycles. The number of aromatic nitrogens is 5. The molecular weight excluding hydrogens is 558 g/mol. The number of ether oxygens (including phenoxy) is 2. The molecule has 0 bridgehead atoms. The van der Waals surface area contributed by atoms with Gasteiger partial charge in [-0.1, -0.05) is 30.0 Å². The minimum atomic E-state index is -1.50. The van der Waals surface area contributed by atoms with Gasteiger partial charge in [-0.2, -0.15) is 0 Å². The Morgan fingerprint density at radius 1 is 1.20 bits per heavy atom. The van der Waals surface area contributed by atoms with E-state index in [1.807, 2.05) is 4.68 Å². The third kappa shape index (κ3) is 8.53. The maximum Gasteiger partial charge on any atom is 0.331 e. The number of nitrogens with zero attached hydrogens (tertiary/aromatic N) is 5. The van der Waals surface area contributed by atoms with Crippen molar-refractivity contribution in [1.29, 1.82) is 0 Å². The van der Waals surface area contributed by atoms with Crippen molar-refractivity contribution in [1.82, 2.24) is 25.0 Å². The number of anilines is 1. The van der Waals surface area contributed by atoms with Gasteiger partial charge in [0.1, 0.15) is 6.61 Å². The highest BCUT2D eigenvalue weighted by molar-refractivity contribution is 7.99. The van der Waals surface area contributed by atoms with Gasteiger partial charge in [-0.05, 0) is 63.6 Å². The molecule has 0 spiro atoms. The number of hydrogen-bond donors (Lipinski definition) is 3.